The number of hydrogen-bond donors (Lipinski definition) is 3. The molecule has 0 amide bonds. The zero-order chi connectivity index (χ0) is 18.3. The zero-order valence-corrected chi connectivity index (χ0v) is 15.0. The second kappa shape index (κ2) is 6.74. The van der Waals surface area contributed by atoms with Gasteiger partial charge in [-0.15, -0.1) is 0 Å². The van der Waals surface area contributed by atoms with Gasteiger partial charge in [0.15, 0.2) is 5.75 Å². The lowest BCUT2D eigenvalue weighted by molar-refractivity contribution is -0.990. The molecule has 136 valence electrons. The fraction of sp³-hybridized carbons (Fsp3) is 0.300. The van der Waals surface area contributed by atoms with Gasteiger partial charge in [-0.1, -0.05) is 30.3 Å². The van der Waals surface area contributed by atoms with Gasteiger partial charge in [0.25, 0.3) is 0 Å². The van der Waals surface area contributed by atoms with E-state index in [0.29, 0.717) is 11.3 Å². The minimum atomic E-state index is -0.972. The molecule has 1 aliphatic heterocycles. The summed E-state index contributed by atoms with van der Waals surface area (Å²) >= 11 is 0. The predicted molar refractivity (Wildman–Crippen MR) is 99.6 cm³/mol. The molecule has 2 heterocycles. The maximum Gasteiger partial charge on any atom is 0.230 e. The van der Waals surface area contributed by atoms with Crippen LogP contribution < -0.4 is 9.96 Å². The standard InChI is InChI=1S/C20H23N3O3/c1-13-18-16(10-11-22(13)12-14-6-4-3-5-7-14)15-8-9-17(26-2)20(23(24)25)19(15)21-18/h3-9,13,21,23-24H,10-12H2,1-2H3. The lowest BCUT2D eigenvalue weighted by Crippen LogP contribution is -2.99. The van der Waals surface area contributed by atoms with Crippen molar-refractivity contribution < 1.29 is 15.2 Å². The maximum atomic E-state index is 11.8. The van der Waals surface area contributed by atoms with Gasteiger partial charge in [0.1, 0.15) is 5.52 Å². The minimum absolute atomic E-state index is 0.194. The van der Waals surface area contributed by atoms with E-state index in [1.807, 2.05) is 12.1 Å². The Bertz CT molecular complexity index is 921. The van der Waals surface area contributed by atoms with Crippen LogP contribution in [0.15, 0.2) is 42.5 Å². The van der Waals surface area contributed by atoms with Crippen LogP contribution in [0.2, 0.25) is 0 Å². The molecule has 2 unspecified atom stereocenters. The summed E-state index contributed by atoms with van der Waals surface area (Å²) in [6.45, 7) is 4.00. The third kappa shape index (κ3) is 2.77. The molecule has 0 aliphatic carbocycles. The molecule has 1 aliphatic rings. The molecule has 0 bridgehead atoms. The van der Waals surface area contributed by atoms with Crippen LogP contribution in [0.1, 0.15) is 29.8 Å². The van der Waals surface area contributed by atoms with E-state index in [1.54, 1.807) is 6.07 Å². The van der Waals surface area contributed by atoms with E-state index in [0.717, 1.165) is 30.6 Å². The molecular formula is C20H23N3O3. The lowest BCUT2D eigenvalue weighted by atomic mass is 9.97. The van der Waals surface area contributed by atoms with E-state index >= 15 is 0 Å². The SMILES string of the molecule is COc1ccc2c3c([nH]c2c1[NH+]([O-])O)C(C)N(Cc1ccccc1)CC3. The van der Waals surface area contributed by atoms with E-state index in [1.165, 1.54) is 18.2 Å². The van der Waals surface area contributed by atoms with Crippen LogP contribution in [0.25, 0.3) is 10.9 Å². The molecule has 6 nitrogen and oxygen atoms in total. The lowest BCUT2D eigenvalue weighted by Gasteiger charge is -2.33. The maximum absolute atomic E-state index is 11.8. The van der Waals surface area contributed by atoms with E-state index in [9.17, 15) is 10.4 Å². The van der Waals surface area contributed by atoms with Crippen LogP contribution in [0, 0.1) is 5.21 Å². The third-order valence-corrected chi connectivity index (χ3v) is 5.35. The molecule has 0 saturated heterocycles. The highest BCUT2D eigenvalue weighted by Gasteiger charge is 2.29. The number of methoxy groups -OCH3 is 1. The molecule has 3 aromatic rings. The number of nitrogens with zero attached hydrogens (tertiary/aromatic N) is 1. The Balaban J connectivity index is 1.75. The summed E-state index contributed by atoms with van der Waals surface area (Å²) in [5.41, 5.74) is 4.49. The first-order valence-corrected chi connectivity index (χ1v) is 8.83. The van der Waals surface area contributed by atoms with Crippen molar-refractivity contribution in [2.24, 2.45) is 0 Å². The summed E-state index contributed by atoms with van der Waals surface area (Å²) in [4.78, 5) is 5.83. The average molecular weight is 353 g/mol. The van der Waals surface area contributed by atoms with Gasteiger partial charge in [-0.05, 0) is 36.6 Å². The van der Waals surface area contributed by atoms with Crippen molar-refractivity contribution in [1.29, 1.82) is 0 Å². The summed E-state index contributed by atoms with van der Waals surface area (Å²) in [6.07, 6.45) is 0.901. The first-order chi connectivity index (χ1) is 12.6. The van der Waals surface area contributed by atoms with Gasteiger partial charge in [-0.25, -0.2) is 5.21 Å². The minimum Gasteiger partial charge on any atom is -0.595 e. The molecule has 1 aromatic heterocycles. The molecule has 2 atom stereocenters. The Kier molecular flexibility index (Phi) is 4.42. The number of H-pyrrole nitrogens is 1. The Hall–Kier alpha value is -2.38. The highest BCUT2D eigenvalue weighted by atomic mass is 16.8. The van der Waals surface area contributed by atoms with Crippen LogP contribution in [-0.4, -0.2) is 28.7 Å². The van der Waals surface area contributed by atoms with E-state index < -0.39 is 5.23 Å². The van der Waals surface area contributed by atoms with Crippen molar-refractivity contribution in [2.75, 3.05) is 13.7 Å². The molecule has 0 radical (unpaired) electrons. The topological polar surface area (TPSA) is 76.0 Å². The molecule has 4 rings (SSSR count). The molecular weight excluding hydrogens is 330 g/mol. The normalized spacial score (nSPS) is 18.7. The molecule has 0 fully saturated rings. The molecule has 6 heteroatoms. The molecule has 0 saturated carbocycles. The third-order valence-electron chi connectivity index (χ3n) is 5.35. The first kappa shape index (κ1) is 17.1. The van der Waals surface area contributed by atoms with Gasteiger partial charge in [-0.2, -0.15) is 5.23 Å². The van der Waals surface area contributed by atoms with Crippen LogP contribution in [0.3, 0.4) is 0 Å². The highest BCUT2D eigenvalue weighted by molar-refractivity contribution is 5.94. The monoisotopic (exact) mass is 353 g/mol. The molecule has 26 heavy (non-hydrogen) atoms. The Labute approximate surface area is 152 Å². The van der Waals surface area contributed by atoms with E-state index in [2.05, 4.69) is 41.1 Å². The van der Waals surface area contributed by atoms with Crippen molar-refractivity contribution in [3.63, 3.8) is 0 Å². The van der Waals surface area contributed by atoms with Crippen LogP contribution in [0.5, 0.6) is 5.75 Å². The van der Waals surface area contributed by atoms with Gasteiger partial charge in [0, 0.05) is 30.2 Å². The number of aromatic nitrogens is 1. The van der Waals surface area contributed by atoms with Crippen molar-refractivity contribution in [3.05, 3.63) is 64.5 Å². The van der Waals surface area contributed by atoms with Crippen LogP contribution in [-0.2, 0) is 13.0 Å². The number of fused-ring (bicyclic) bond motifs is 3. The van der Waals surface area contributed by atoms with Crippen molar-refractivity contribution in [3.8, 4) is 5.75 Å². The number of aromatic amines is 1. The van der Waals surface area contributed by atoms with Gasteiger partial charge < -0.3 is 14.9 Å². The fourth-order valence-corrected chi connectivity index (χ4v) is 3.99. The quantitative estimate of drug-likeness (QED) is 0.631. The molecule has 2 aromatic carbocycles. The summed E-state index contributed by atoms with van der Waals surface area (Å²) in [6, 6.07) is 14.3. The number of quaternary nitrogens is 1. The summed E-state index contributed by atoms with van der Waals surface area (Å²) in [7, 11) is 1.50. The number of ether oxygens (including phenoxy) is 1. The average Bonchev–Trinajstić information content (AvgIpc) is 3.03. The van der Waals surface area contributed by atoms with Gasteiger partial charge >= 0.3 is 0 Å². The summed E-state index contributed by atoms with van der Waals surface area (Å²) < 4.78 is 5.26. The second-order valence-electron chi connectivity index (χ2n) is 6.77. The number of benzene rings is 2. The van der Waals surface area contributed by atoms with Crippen molar-refractivity contribution in [2.45, 2.75) is 25.9 Å². The van der Waals surface area contributed by atoms with E-state index in [4.69, 9.17) is 4.74 Å². The van der Waals surface area contributed by atoms with Crippen LogP contribution in [0.4, 0.5) is 5.69 Å². The number of rotatable bonds is 4. The summed E-state index contributed by atoms with van der Waals surface area (Å²) in [5.74, 6) is 0.386. The summed E-state index contributed by atoms with van der Waals surface area (Å²) in [5, 5.41) is 21.5. The van der Waals surface area contributed by atoms with Gasteiger partial charge in [0.2, 0.25) is 5.69 Å². The fourth-order valence-electron chi connectivity index (χ4n) is 3.99. The number of nitrogens with one attached hydrogen (secondary N) is 2. The Morgan fingerprint density at radius 3 is 2.73 bits per heavy atom. The second-order valence-corrected chi connectivity index (χ2v) is 6.77. The Morgan fingerprint density at radius 1 is 1.27 bits per heavy atom. The van der Waals surface area contributed by atoms with Crippen molar-refractivity contribution >= 4 is 16.6 Å². The first-order valence-electron chi connectivity index (χ1n) is 8.83. The zero-order valence-electron chi connectivity index (χ0n) is 15.0. The highest BCUT2D eigenvalue weighted by Crippen LogP contribution is 2.39. The predicted octanol–water partition coefficient (Wildman–Crippen LogP) is 2.70. The molecule has 3 N–H and O–H groups in total. The van der Waals surface area contributed by atoms with E-state index in [-0.39, 0.29) is 11.7 Å². The van der Waals surface area contributed by atoms with Crippen molar-refractivity contribution in [1.82, 2.24) is 9.88 Å². The van der Waals surface area contributed by atoms with Gasteiger partial charge in [0.05, 0.1) is 7.11 Å². The van der Waals surface area contributed by atoms with Crippen LogP contribution >= 0.6 is 0 Å². The number of hydrogen-bond acceptors (Lipinski definition) is 4. The van der Waals surface area contributed by atoms with Gasteiger partial charge in [-0.3, -0.25) is 4.90 Å². The Morgan fingerprint density at radius 2 is 2.04 bits per heavy atom. The molecule has 0 spiro atoms. The smallest absolute Gasteiger partial charge is 0.230 e. The largest absolute Gasteiger partial charge is 0.595 e.